The van der Waals surface area contributed by atoms with Gasteiger partial charge in [-0.3, -0.25) is 0 Å². The second-order valence-electron chi connectivity index (χ2n) is 11.7. The lowest BCUT2D eigenvalue weighted by Crippen LogP contribution is -2.68. The molecule has 0 aromatic carbocycles. The number of nitrogens with two attached hydrogens (primary N) is 4. The van der Waals surface area contributed by atoms with Gasteiger partial charge in [0.25, 0.3) is 0 Å². The predicted molar refractivity (Wildman–Crippen MR) is 146 cm³/mol. The van der Waals surface area contributed by atoms with E-state index < -0.39 is 129 Å². The Balaban J connectivity index is 1.52. The van der Waals surface area contributed by atoms with E-state index in [-0.39, 0.29) is 13.0 Å². The molecule has 1 aliphatic carbocycles. The zero-order chi connectivity index (χ0) is 32.5. The molecule has 17 N–H and O–H groups in total. The second-order valence-corrected chi connectivity index (χ2v) is 11.7. The van der Waals surface area contributed by atoms with Crippen LogP contribution in [0.2, 0.25) is 0 Å². The first-order valence-electron chi connectivity index (χ1n) is 14.8. The molecule has 0 bridgehead atoms. The number of aliphatic hydroxyl groups is 8. The van der Waals surface area contributed by atoms with Gasteiger partial charge < -0.3 is 97.5 Å². The molecular weight excluding hydrogens is 594 g/mol. The molecule has 19 unspecified atom stereocenters. The number of hydrogen-bond donors (Lipinski definition) is 13. The van der Waals surface area contributed by atoms with Crippen molar-refractivity contribution >= 4 is 0 Å². The maximum atomic E-state index is 11.2. The average molecular weight is 644 g/mol. The lowest BCUT2D eigenvalue weighted by atomic mass is 9.84. The molecule has 4 fully saturated rings. The molecule has 258 valence electrons. The first kappa shape index (κ1) is 36.1. The Bertz CT molecular complexity index is 900. The van der Waals surface area contributed by atoms with E-state index in [0.717, 1.165) is 0 Å². The molecule has 0 aromatic heterocycles. The van der Waals surface area contributed by atoms with Gasteiger partial charge in [0.2, 0.25) is 0 Å². The molecule has 0 spiro atoms. The SMILES string of the molecule is CCNC1C(OC2C(N)CC(N)C(O)C2OC2OC(CO)C(OC3OC(CN)C(O)C(O)C3N)C2O)OC(CO)C(O)C1O. The van der Waals surface area contributed by atoms with Crippen molar-refractivity contribution in [2.24, 2.45) is 22.9 Å². The summed E-state index contributed by atoms with van der Waals surface area (Å²) in [5.41, 5.74) is 24.1. The highest BCUT2D eigenvalue weighted by Crippen LogP contribution is 2.34. The van der Waals surface area contributed by atoms with E-state index in [1.165, 1.54) is 0 Å². The Morgan fingerprint density at radius 1 is 0.636 bits per heavy atom. The number of hydrogen-bond acceptors (Lipinski definition) is 19. The molecule has 0 aromatic rings. The lowest BCUT2D eigenvalue weighted by Gasteiger charge is -2.48. The third-order valence-corrected chi connectivity index (χ3v) is 8.71. The van der Waals surface area contributed by atoms with E-state index in [2.05, 4.69) is 5.32 Å². The third kappa shape index (κ3) is 7.21. The van der Waals surface area contributed by atoms with Crippen molar-refractivity contribution in [2.75, 3.05) is 26.3 Å². The lowest BCUT2D eigenvalue weighted by molar-refractivity contribution is -0.313. The van der Waals surface area contributed by atoms with Crippen LogP contribution in [-0.4, -0.2) is 183 Å². The Morgan fingerprint density at radius 2 is 1.20 bits per heavy atom. The Hall–Kier alpha value is -0.760. The van der Waals surface area contributed by atoms with Gasteiger partial charge in [-0.2, -0.15) is 0 Å². The van der Waals surface area contributed by atoms with Crippen molar-refractivity contribution < 1.29 is 69.3 Å². The molecule has 3 heterocycles. The molecule has 1 saturated carbocycles. The van der Waals surface area contributed by atoms with Crippen molar-refractivity contribution in [2.45, 2.75) is 130 Å². The standard InChI is InChI=1S/C25H49N5O14/c1-2-30-13-18(37)16(35)10(5-31)40-24(13)42-20-8(28)3-7(27)14(33)22(20)44-25-19(38)21(11(6-32)41-25)43-23-12(29)17(36)15(34)9(4-26)39-23/h7-25,30-38H,2-6,26-29H2,1H3. The monoisotopic (exact) mass is 643 g/mol. The van der Waals surface area contributed by atoms with Gasteiger partial charge >= 0.3 is 0 Å². The van der Waals surface area contributed by atoms with Crippen LogP contribution in [-0.2, 0) is 28.4 Å². The fourth-order valence-corrected chi connectivity index (χ4v) is 6.12. The van der Waals surface area contributed by atoms with Crippen molar-refractivity contribution in [3.05, 3.63) is 0 Å². The summed E-state index contributed by atoms with van der Waals surface area (Å²) in [6.45, 7) is 0.676. The molecule has 44 heavy (non-hydrogen) atoms. The first-order valence-corrected chi connectivity index (χ1v) is 14.8. The average Bonchev–Trinajstić information content (AvgIpc) is 3.30. The summed E-state index contributed by atoms with van der Waals surface area (Å²) in [5, 5.41) is 86.4. The highest BCUT2D eigenvalue weighted by atomic mass is 16.8. The molecule has 3 aliphatic heterocycles. The van der Waals surface area contributed by atoms with Crippen LogP contribution in [0.25, 0.3) is 0 Å². The van der Waals surface area contributed by atoms with Crippen molar-refractivity contribution in [1.29, 1.82) is 0 Å². The number of aliphatic hydroxyl groups excluding tert-OH is 8. The first-order chi connectivity index (χ1) is 20.9. The molecule has 4 aliphatic rings. The summed E-state index contributed by atoms with van der Waals surface area (Å²) in [4.78, 5) is 0. The summed E-state index contributed by atoms with van der Waals surface area (Å²) < 4.78 is 35.0. The predicted octanol–water partition coefficient (Wildman–Crippen LogP) is -8.21. The van der Waals surface area contributed by atoms with E-state index in [1.807, 2.05) is 0 Å². The summed E-state index contributed by atoms with van der Waals surface area (Å²) in [6, 6.07) is -3.94. The van der Waals surface area contributed by atoms with Gasteiger partial charge in [0.15, 0.2) is 18.9 Å². The smallest absolute Gasteiger partial charge is 0.187 e. The molecule has 3 saturated heterocycles. The van der Waals surface area contributed by atoms with E-state index in [9.17, 15) is 40.9 Å². The number of nitrogens with one attached hydrogen (secondary N) is 1. The van der Waals surface area contributed by atoms with Gasteiger partial charge in [0.05, 0.1) is 31.4 Å². The minimum absolute atomic E-state index is 0.0887. The van der Waals surface area contributed by atoms with Crippen molar-refractivity contribution in [3.63, 3.8) is 0 Å². The van der Waals surface area contributed by atoms with Crippen LogP contribution in [0.4, 0.5) is 0 Å². The van der Waals surface area contributed by atoms with Gasteiger partial charge in [0.1, 0.15) is 67.1 Å². The zero-order valence-electron chi connectivity index (χ0n) is 24.3. The quantitative estimate of drug-likeness (QED) is 0.0993. The van der Waals surface area contributed by atoms with Gasteiger partial charge in [-0.15, -0.1) is 0 Å². The van der Waals surface area contributed by atoms with Crippen LogP contribution >= 0.6 is 0 Å². The highest BCUT2D eigenvalue weighted by molar-refractivity contribution is 5.02. The summed E-state index contributed by atoms with van der Waals surface area (Å²) in [5.74, 6) is 0. The van der Waals surface area contributed by atoms with Gasteiger partial charge in [0, 0.05) is 18.6 Å². The zero-order valence-corrected chi connectivity index (χ0v) is 24.3. The second kappa shape index (κ2) is 15.4. The highest BCUT2D eigenvalue weighted by Gasteiger charge is 2.54. The minimum Gasteiger partial charge on any atom is -0.394 e. The molecule has 4 rings (SSSR count). The number of likely N-dealkylation sites (N-methyl/N-ethyl adjacent to an activating group) is 1. The Kier molecular flexibility index (Phi) is 12.7. The normalized spacial score (nSPS) is 51.9. The van der Waals surface area contributed by atoms with Crippen molar-refractivity contribution in [3.8, 4) is 0 Å². The maximum absolute atomic E-state index is 11.2. The van der Waals surface area contributed by atoms with Crippen LogP contribution < -0.4 is 28.3 Å². The van der Waals surface area contributed by atoms with Gasteiger partial charge in [-0.25, -0.2) is 0 Å². The van der Waals surface area contributed by atoms with E-state index in [0.29, 0.717) is 6.54 Å². The number of rotatable bonds is 11. The summed E-state index contributed by atoms with van der Waals surface area (Å²) in [6.07, 6.45) is -20.0. The van der Waals surface area contributed by atoms with Gasteiger partial charge in [-0.1, -0.05) is 6.92 Å². The molecule has 0 amide bonds. The van der Waals surface area contributed by atoms with E-state index in [1.54, 1.807) is 6.92 Å². The maximum Gasteiger partial charge on any atom is 0.187 e. The summed E-state index contributed by atoms with van der Waals surface area (Å²) >= 11 is 0. The van der Waals surface area contributed by atoms with Crippen molar-refractivity contribution in [1.82, 2.24) is 5.32 Å². The van der Waals surface area contributed by atoms with E-state index in [4.69, 9.17) is 51.4 Å². The van der Waals surface area contributed by atoms with Crippen LogP contribution in [0.15, 0.2) is 0 Å². The molecule has 19 nitrogen and oxygen atoms in total. The van der Waals surface area contributed by atoms with Crippen LogP contribution in [0.3, 0.4) is 0 Å². The van der Waals surface area contributed by atoms with Gasteiger partial charge in [-0.05, 0) is 13.0 Å². The topological polar surface area (TPSA) is 333 Å². The Morgan fingerprint density at radius 3 is 1.82 bits per heavy atom. The van der Waals surface area contributed by atoms with E-state index >= 15 is 0 Å². The van der Waals surface area contributed by atoms with Crippen LogP contribution in [0.1, 0.15) is 13.3 Å². The minimum atomic E-state index is -1.61. The Labute approximate surface area is 253 Å². The fourth-order valence-electron chi connectivity index (χ4n) is 6.12. The molecular formula is C25H49N5O14. The summed E-state index contributed by atoms with van der Waals surface area (Å²) in [7, 11) is 0. The fraction of sp³-hybridized carbons (Fsp3) is 1.00. The molecule has 19 atom stereocenters. The third-order valence-electron chi connectivity index (χ3n) is 8.71. The van der Waals surface area contributed by atoms with Crippen LogP contribution in [0.5, 0.6) is 0 Å². The largest absolute Gasteiger partial charge is 0.394 e. The van der Waals surface area contributed by atoms with Crippen LogP contribution in [0, 0.1) is 0 Å². The molecule has 0 radical (unpaired) electrons. The molecule has 19 heteroatoms. The number of ether oxygens (including phenoxy) is 6.